The molecule has 4 atom stereocenters. The summed E-state index contributed by atoms with van der Waals surface area (Å²) < 4.78 is 0. The summed E-state index contributed by atoms with van der Waals surface area (Å²) in [6.07, 6.45) is 4.07. The lowest BCUT2D eigenvalue weighted by Gasteiger charge is -2.26. The van der Waals surface area contributed by atoms with Crippen LogP contribution in [0.3, 0.4) is 0 Å². The smallest absolute Gasteiger partial charge is 0.326 e. The number of thioether (sulfide) groups is 1. The van der Waals surface area contributed by atoms with Gasteiger partial charge in [0.1, 0.15) is 18.1 Å². The average molecular weight is 533 g/mol. The Labute approximate surface area is 217 Å². The highest BCUT2D eigenvalue weighted by atomic mass is 32.2. The van der Waals surface area contributed by atoms with Gasteiger partial charge in [-0.3, -0.25) is 19.4 Å². The second-order valence-corrected chi connectivity index (χ2v) is 9.79. The molecule has 0 bridgehead atoms. The monoisotopic (exact) mass is 532 g/mol. The SMILES string of the molecule is CSCCC(NC(=O)C(CCCCN)NC(=O)C(CCCN=C(N)N)NC(=O)C(N)C(C)C)C(=O)O. The van der Waals surface area contributed by atoms with Crippen molar-refractivity contribution in [3.05, 3.63) is 0 Å². The first kappa shape index (κ1) is 33.4. The van der Waals surface area contributed by atoms with Gasteiger partial charge < -0.3 is 44.0 Å². The Kier molecular flexibility index (Phi) is 17.3. The maximum Gasteiger partial charge on any atom is 0.326 e. The predicted octanol–water partition coefficient (Wildman–Crippen LogP) is -1.56. The van der Waals surface area contributed by atoms with E-state index < -0.39 is 47.9 Å². The van der Waals surface area contributed by atoms with Gasteiger partial charge in [-0.05, 0) is 63.0 Å². The molecule has 0 radical (unpaired) electrons. The van der Waals surface area contributed by atoms with Crippen LogP contribution in [0.1, 0.15) is 52.4 Å². The molecule has 0 spiro atoms. The van der Waals surface area contributed by atoms with Crippen LogP contribution in [0.5, 0.6) is 0 Å². The number of carboxylic acid groups (broad SMARTS) is 1. The molecule has 36 heavy (non-hydrogen) atoms. The molecular formula is C22H44N8O5S. The molecule has 0 aromatic heterocycles. The zero-order valence-electron chi connectivity index (χ0n) is 21.5. The summed E-state index contributed by atoms with van der Waals surface area (Å²) in [5, 5.41) is 17.3. The van der Waals surface area contributed by atoms with E-state index in [0.29, 0.717) is 31.6 Å². The number of nitrogens with one attached hydrogen (secondary N) is 3. The van der Waals surface area contributed by atoms with Crippen LogP contribution in [0.4, 0.5) is 0 Å². The van der Waals surface area contributed by atoms with Gasteiger partial charge in [-0.25, -0.2) is 4.79 Å². The zero-order valence-corrected chi connectivity index (χ0v) is 22.3. The average Bonchev–Trinajstić information content (AvgIpc) is 2.81. The highest BCUT2D eigenvalue weighted by molar-refractivity contribution is 7.98. The van der Waals surface area contributed by atoms with Crippen molar-refractivity contribution in [3.63, 3.8) is 0 Å². The Morgan fingerprint density at radius 2 is 1.39 bits per heavy atom. The Balaban J connectivity index is 5.58. The zero-order chi connectivity index (χ0) is 27.7. The van der Waals surface area contributed by atoms with Crippen LogP contribution in [0.15, 0.2) is 4.99 Å². The topological polar surface area (TPSA) is 241 Å². The molecule has 4 unspecified atom stereocenters. The number of aliphatic carboxylic acids is 1. The van der Waals surface area contributed by atoms with Crippen molar-refractivity contribution in [1.29, 1.82) is 0 Å². The van der Waals surface area contributed by atoms with Crippen molar-refractivity contribution in [2.24, 2.45) is 33.8 Å². The molecule has 0 saturated carbocycles. The fourth-order valence-corrected chi connectivity index (χ4v) is 3.61. The maximum absolute atomic E-state index is 13.2. The molecular weight excluding hydrogens is 488 g/mol. The Bertz CT molecular complexity index is 733. The summed E-state index contributed by atoms with van der Waals surface area (Å²) in [5.74, 6) is -2.56. The highest BCUT2D eigenvalue weighted by Gasteiger charge is 2.30. The number of guanidine groups is 1. The van der Waals surface area contributed by atoms with Crippen molar-refractivity contribution in [1.82, 2.24) is 16.0 Å². The van der Waals surface area contributed by atoms with E-state index in [0.717, 1.165) is 0 Å². The van der Waals surface area contributed by atoms with Crippen molar-refractivity contribution < 1.29 is 24.3 Å². The molecule has 0 aliphatic heterocycles. The molecule has 208 valence electrons. The fraction of sp³-hybridized carbons (Fsp3) is 0.773. The summed E-state index contributed by atoms with van der Waals surface area (Å²) in [6.45, 7) is 4.22. The first-order chi connectivity index (χ1) is 16.9. The number of nitrogens with two attached hydrogens (primary N) is 4. The summed E-state index contributed by atoms with van der Waals surface area (Å²) in [5.41, 5.74) is 22.2. The van der Waals surface area contributed by atoms with Crippen molar-refractivity contribution >= 4 is 41.4 Å². The third-order valence-electron chi connectivity index (χ3n) is 5.40. The minimum Gasteiger partial charge on any atom is -0.480 e. The van der Waals surface area contributed by atoms with Gasteiger partial charge in [-0.1, -0.05) is 13.8 Å². The Hall–Kier alpha value is -2.58. The third-order valence-corrected chi connectivity index (χ3v) is 6.05. The number of carboxylic acids is 1. The maximum atomic E-state index is 13.2. The number of rotatable bonds is 19. The standard InChI is InChI=1S/C22H44N8O5S/c1-13(2)17(24)20(33)29-15(8-6-11-27-22(25)26)18(31)28-14(7-4-5-10-23)19(32)30-16(21(34)35)9-12-36-3/h13-17H,4-12,23-24H2,1-3H3,(H,28,31)(H,29,33)(H,30,32)(H,34,35)(H4,25,26,27). The quantitative estimate of drug-likeness (QED) is 0.0540. The normalized spacial score (nSPS) is 14.3. The molecule has 0 heterocycles. The van der Waals surface area contributed by atoms with E-state index in [-0.39, 0.29) is 37.7 Å². The molecule has 0 fully saturated rings. The summed E-state index contributed by atoms with van der Waals surface area (Å²) in [7, 11) is 0. The van der Waals surface area contributed by atoms with Gasteiger partial charge in [0.15, 0.2) is 5.96 Å². The molecule has 0 aromatic rings. The van der Waals surface area contributed by atoms with Crippen molar-refractivity contribution in [2.75, 3.05) is 25.1 Å². The number of hydrogen-bond donors (Lipinski definition) is 8. The van der Waals surface area contributed by atoms with E-state index in [2.05, 4.69) is 20.9 Å². The largest absolute Gasteiger partial charge is 0.480 e. The number of carbonyl (C=O) groups is 4. The summed E-state index contributed by atoms with van der Waals surface area (Å²) in [6, 6.07) is -3.91. The van der Waals surface area contributed by atoms with E-state index in [1.807, 2.05) is 6.26 Å². The molecule has 13 nitrogen and oxygen atoms in total. The van der Waals surface area contributed by atoms with Crippen LogP contribution in [-0.2, 0) is 19.2 Å². The summed E-state index contributed by atoms with van der Waals surface area (Å²) in [4.78, 5) is 54.1. The molecule has 3 amide bonds. The van der Waals surface area contributed by atoms with Gasteiger partial charge in [0, 0.05) is 6.54 Å². The Morgan fingerprint density at radius 3 is 1.86 bits per heavy atom. The molecule has 12 N–H and O–H groups in total. The van der Waals surface area contributed by atoms with Crippen LogP contribution in [-0.4, -0.2) is 84.0 Å². The second kappa shape index (κ2) is 18.7. The second-order valence-electron chi connectivity index (χ2n) is 8.81. The number of aliphatic imine (C=N–C) groups is 1. The van der Waals surface area contributed by atoms with Crippen molar-refractivity contribution in [2.45, 2.75) is 76.5 Å². The first-order valence-electron chi connectivity index (χ1n) is 12.1. The van der Waals surface area contributed by atoms with Crippen molar-refractivity contribution in [3.8, 4) is 0 Å². The molecule has 0 rings (SSSR count). The van der Waals surface area contributed by atoms with Gasteiger partial charge in [-0.15, -0.1) is 0 Å². The first-order valence-corrected chi connectivity index (χ1v) is 13.5. The Morgan fingerprint density at radius 1 is 0.861 bits per heavy atom. The predicted molar refractivity (Wildman–Crippen MR) is 142 cm³/mol. The van der Waals surface area contributed by atoms with Crippen LogP contribution >= 0.6 is 11.8 Å². The van der Waals surface area contributed by atoms with Crippen LogP contribution in [0.25, 0.3) is 0 Å². The fourth-order valence-electron chi connectivity index (χ4n) is 3.14. The minimum atomic E-state index is -1.16. The number of unbranched alkanes of at least 4 members (excludes halogenated alkanes) is 1. The molecule has 0 aromatic carbocycles. The van der Waals surface area contributed by atoms with Gasteiger partial charge in [0.2, 0.25) is 17.7 Å². The van der Waals surface area contributed by atoms with E-state index in [1.165, 1.54) is 11.8 Å². The minimum absolute atomic E-state index is 0.0898. The van der Waals surface area contributed by atoms with Crippen LogP contribution < -0.4 is 38.9 Å². The van der Waals surface area contributed by atoms with Crippen LogP contribution in [0.2, 0.25) is 0 Å². The number of nitrogens with zero attached hydrogens (tertiary/aromatic N) is 1. The number of hydrogen-bond acceptors (Lipinski definition) is 8. The summed E-state index contributed by atoms with van der Waals surface area (Å²) >= 11 is 1.46. The van der Waals surface area contributed by atoms with E-state index in [4.69, 9.17) is 22.9 Å². The molecule has 14 heteroatoms. The molecule has 0 aliphatic carbocycles. The molecule has 0 saturated heterocycles. The molecule has 0 aliphatic rings. The van der Waals surface area contributed by atoms with E-state index in [9.17, 15) is 24.3 Å². The van der Waals surface area contributed by atoms with Gasteiger partial charge in [-0.2, -0.15) is 11.8 Å². The lowest BCUT2D eigenvalue weighted by atomic mass is 10.0. The number of amides is 3. The lowest BCUT2D eigenvalue weighted by molar-refractivity contribution is -0.142. The van der Waals surface area contributed by atoms with E-state index >= 15 is 0 Å². The van der Waals surface area contributed by atoms with Crippen LogP contribution in [0, 0.1) is 5.92 Å². The van der Waals surface area contributed by atoms with Gasteiger partial charge >= 0.3 is 5.97 Å². The number of carbonyl (C=O) groups excluding carboxylic acids is 3. The third kappa shape index (κ3) is 14.1. The van der Waals surface area contributed by atoms with E-state index in [1.54, 1.807) is 13.8 Å². The lowest BCUT2D eigenvalue weighted by Crippen LogP contribution is -2.57. The van der Waals surface area contributed by atoms with Gasteiger partial charge in [0.05, 0.1) is 6.04 Å². The highest BCUT2D eigenvalue weighted by Crippen LogP contribution is 2.08. The van der Waals surface area contributed by atoms with Gasteiger partial charge in [0.25, 0.3) is 0 Å².